The summed E-state index contributed by atoms with van der Waals surface area (Å²) in [5.74, 6) is 1.92. The standard InChI is InChI=1S/C18H37N/c1-7-9-10-15(8-2)13-18(6,16-11-12-16)14-19-17(3,4)5/h15-16,19H,7-14H2,1-6H3. The lowest BCUT2D eigenvalue weighted by molar-refractivity contribution is 0.169. The van der Waals surface area contributed by atoms with E-state index in [2.05, 4.69) is 46.9 Å². The number of nitrogens with one attached hydrogen (secondary N) is 1. The van der Waals surface area contributed by atoms with Crippen molar-refractivity contribution in [3.8, 4) is 0 Å². The van der Waals surface area contributed by atoms with Gasteiger partial charge in [-0.3, -0.25) is 0 Å². The summed E-state index contributed by atoms with van der Waals surface area (Å²) in [6, 6.07) is 0. The molecule has 0 aliphatic heterocycles. The summed E-state index contributed by atoms with van der Waals surface area (Å²) in [6.45, 7) is 15.3. The van der Waals surface area contributed by atoms with Gasteiger partial charge in [-0.2, -0.15) is 0 Å². The maximum atomic E-state index is 3.77. The van der Waals surface area contributed by atoms with Crippen LogP contribution in [0.2, 0.25) is 0 Å². The van der Waals surface area contributed by atoms with Gasteiger partial charge in [-0.1, -0.05) is 46.5 Å². The fourth-order valence-electron chi connectivity index (χ4n) is 3.23. The molecular formula is C18H37N. The highest BCUT2D eigenvalue weighted by Crippen LogP contribution is 2.49. The van der Waals surface area contributed by atoms with Crippen molar-refractivity contribution in [3.05, 3.63) is 0 Å². The average molecular weight is 268 g/mol. The van der Waals surface area contributed by atoms with Gasteiger partial charge in [-0.15, -0.1) is 0 Å². The van der Waals surface area contributed by atoms with E-state index in [1.54, 1.807) is 0 Å². The molecule has 0 aromatic heterocycles. The predicted molar refractivity (Wildman–Crippen MR) is 86.5 cm³/mol. The fraction of sp³-hybridized carbons (Fsp3) is 1.00. The van der Waals surface area contributed by atoms with Crippen molar-refractivity contribution in [2.75, 3.05) is 6.54 Å². The van der Waals surface area contributed by atoms with Crippen molar-refractivity contribution < 1.29 is 0 Å². The van der Waals surface area contributed by atoms with Crippen molar-refractivity contribution in [1.29, 1.82) is 0 Å². The van der Waals surface area contributed by atoms with Gasteiger partial charge >= 0.3 is 0 Å². The molecule has 0 aromatic carbocycles. The minimum absolute atomic E-state index is 0.251. The minimum Gasteiger partial charge on any atom is -0.312 e. The van der Waals surface area contributed by atoms with Crippen LogP contribution in [0.5, 0.6) is 0 Å². The number of rotatable bonds is 9. The highest BCUT2D eigenvalue weighted by Gasteiger charge is 2.42. The summed E-state index contributed by atoms with van der Waals surface area (Å²) >= 11 is 0. The van der Waals surface area contributed by atoms with Gasteiger partial charge in [-0.05, 0) is 57.3 Å². The Bertz CT molecular complexity index is 249. The zero-order valence-electron chi connectivity index (χ0n) is 14.3. The van der Waals surface area contributed by atoms with Crippen LogP contribution >= 0.6 is 0 Å². The van der Waals surface area contributed by atoms with E-state index in [-0.39, 0.29) is 5.54 Å². The predicted octanol–water partition coefficient (Wildman–Crippen LogP) is 5.40. The van der Waals surface area contributed by atoms with Crippen LogP contribution < -0.4 is 5.32 Å². The molecule has 1 fully saturated rings. The molecule has 0 amide bonds. The molecule has 0 bridgehead atoms. The third-order valence-electron chi connectivity index (χ3n) is 4.88. The van der Waals surface area contributed by atoms with Gasteiger partial charge in [0.2, 0.25) is 0 Å². The molecule has 1 saturated carbocycles. The first-order valence-electron chi connectivity index (χ1n) is 8.55. The van der Waals surface area contributed by atoms with E-state index < -0.39 is 0 Å². The Morgan fingerprint density at radius 3 is 2.16 bits per heavy atom. The molecule has 1 heteroatoms. The molecule has 1 N–H and O–H groups in total. The fourth-order valence-corrected chi connectivity index (χ4v) is 3.23. The lowest BCUT2D eigenvalue weighted by atomic mass is 9.74. The van der Waals surface area contributed by atoms with Gasteiger partial charge in [0.05, 0.1) is 0 Å². The minimum atomic E-state index is 0.251. The Kier molecular flexibility index (Phi) is 6.36. The monoisotopic (exact) mass is 267 g/mol. The Morgan fingerprint density at radius 1 is 1.11 bits per heavy atom. The highest BCUT2D eigenvalue weighted by atomic mass is 15.0. The molecule has 2 unspecified atom stereocenters. The number of unbranched alkanes of at least 4 members (excludes halogenated alkanes) is 1. The third-order valence-corrected chi connectivity index (χ3v) is 4.88. The summed E-state index contributed by atoms with van der Waals surface area (Å²) in [7, 11) is 0. The van der Waals surface area contributed by atoms with Crippen LogP contribution in [0.1, 0.15) is 86.5 Å². The van der Waals surface area contributed by atoms with Crippen LogP contribution in [0.3, 0.4) is 0 Å². The molecule has 0 aromatic rings. The van der Waals surface area contributed by atoms with Crippen LogP contribution in [0.15, 0.2) is 0 Å². The molecule has 0 radical (unpaired) electrons. The Labute approximate surface area is 121 Å². The summed E-state index contributed by atoms with van der Waals surface area (Å²) in [4.78, 5) is 0. The highest BCUT2D eigenvalue weighted by molar-refractivity contribution is 4.95. The number of hydrogen-bond donors (Lipinski definition) is 1. The van der Waals surface area contributed by atoms with Gasteiger partial charge < -0.3 is 5.32 Å². The molecule has 0 spiro atoms. The largest absolute Gasteiger partial charge is 0.312 e. The normalized spacial score (nSPS) is 21.2. The Morgan fingerprint density at radius 2 is 1.74 bits per heavy atom. The summed E-state index contributed by atoms with van der Waals surface area (Å²) in [6.07, 6.45) is 9.90. The second-order valence-electron chi connectivity index (χ2n) is 8.15. The Hall–Kier alpha value is -0.0400. The van der Waals surface area contributed by atoms with E-state index in [4.69, 9.17) is 0 Å². The first kappa shape index (κ1) is 17.0. The topological polar surface area (TPSA) is 12.0 Å². The van der Waals surface area contributed by atoms with Crippen molar-refractivity contribution in [1.82, 2.24) is 5.32 Å². The van der Waals surface area contributed by atoms with Crippen molar-refractivity contribution >= 4 is 0 Å². The molecule has 0 heterocycles. The quantitative estimate of drug-likeness (QED) is 0.590. The van der Waals surface area contributed by atoms with Crippen LogP contribution in [-0.2, 0) is 0 Å². The molecular weight excluding hydrogens is 230 g/mol. The van der Waals surface area contributed by atoms with Crippen molar-refractivity contribution in [2.24, 2.45) is 17.3 Å². The van der Waals surface area contributed by atoms with E-state index >= 15 is 0 Å². The van der Waals surface area contributed by atoms with Crippen LogP contribution in [-0.4, -0.2) is 12.1 Å². The molecule has 1 nitrogen and oxygen atoms in total. The maximum absolute atomic E-state index is 3.77. The smallest absolute Gasteiger partial charge is 0.00967 e. The molecule has 0 saturated heterocycles. The van der Waals surface area contributed by atoms with E-state index in [1.807, 2.05) is 0 Å². The van der Waals surface area contributed by atoms with Gasteiger partial charge in [0.15, 0.2) is 0 Å². The third kappa shape index (κ3) is 6.29. The number of hydrogen-bond acceptors (Lipinski definition) is 1. The SMILES string of the molecule is CCCCC(CC)CC(C)(CNC(C)(C)C)C1CC1. The van der Waals surface area contributed by atoms with E-state index in [0.717, 1.165) is 11.8 Å². The second-order valence-corrected chi connectivity index (χ2v) is 8.15. The summed E-state index contributed by atoms with van der Waals surface area (Å²) < 4.78 is 0. The lowest BCUT2D eigenvalue weighted by Crippen LogP contribution is -2.44. The zero-order valence-corrected chi connectivity index (χ0v) is 14.3. The van der Waals surface area contributed by atoms with Gasteiger partial charge in [0.25, 0.3) is 0 Å². The summed E-state index contributed by atoms with van der Waals surface area (Å²) in [5.41, 5.74) is 0.781. The molecule has 1 rings (SSSR count). The van der Waals surface area contributed by atoms with Gasteiger partial charge in [0, 0.05) is 12.1 Å². The average Bonchev–Trinajstić information content (AvgIpc) is 3.15. The second kappa shape index (κ2) is 7.11. The molecule has 19 heavy (non-hydrogen) atoms. The molecule has 1 aliphatic rings. The Balaban J connectivity index is 2.54. The summed E-state index contributed by atoms with van der Waals surface area (Å²) in [5, 5.41) is 3.77. The van der Waals surface area contributed by atoms with Crippen molar-refractivity contribution in [2.45, 2.75) is 92.0 Å². The lowest BCUT2D eigenvalue weighted by Gasteiger charge is -2.37. The van der Waals surface area contributed by atoms with Crippen molar-refractivity contribution in [3.63, 3.8) is 0 Å². The van der Waals surface area contributed by atoms with Crippen LogP contribution in [0.25, 0.3) is 0 Å². The van der Waals surface area contributed by atoms with Crippen LogP contribution in [0, 0.1) is 17.3 Å². The molecule has 1 aliphatic carbocycles. The first-order chi connectivity index (χ1) is 8.80. The maximum Gasteiger partial charge on any atom is 0.00967 e. The first-order valence-corrected chi connectivity index (χ1v) is 8.55. The van der Waals surface area contributed by atoms with Gasteiger partial charge in [-0.25, -0.2) is 0 Å². The van der Waals surface area contributed by atoms with E-state index in [1.165, 1.54) is 51.5 Å². The van der Waals surface area contributed by atoms with E-state index in [9.17, 15) is 0 Å². The van der Waals surface area contributed by atoms with Crippen LogP contribution in [0.4, 0.5) is 0 Å². The molecule has 2 atom stereocenters. The van der Waals surface area contributed by atoms with E-state index in [0.29, 0.717) is 5.41 Å². The molecule has 114 valence electrons. The van der Waals surface area contributed by atoms with Gasteiger partial charge in [0.1, 0.15) is 0 Å². The zero-order chi connectivity index (χ0) is 14.5.